The summed E-state index contributed by atoms with van der Waals surface area (Å²) in [6.07, 6.45) is 3.60. The Morgan fingerprint density at radius 1 is 1.50 bits per heavy atom. The van der Waals surface area contributed by atoms with Crippen LogP contribution in [0.15, 0.2) is 30.6 Å². The van der Waals surface area contributed by atoms with Crippen LogP contribution in [-0.2, 0) is 0 Å². The largest absolute Gasteiger partial charge is 0.367 e. The van der Waals surface area contributed by atoms with Crippen LogP contribution < -0.4 is 10.2 Å². The number of aromatic nitrogens is 2. The van der Waals surface area contributed by atoms with Gasteiger partial charge in [0.25, 0.3) is 5.69 Å². The minimum Gasteiger partial charge on any atom is -0.367 e. The molecule has 1 aromatic carbocycles. The predicted octanol–water partition coefficient (Wildman–Crippen LogP) is 1.34. The maximum atomic E-state index is 10.8. The van der Waals surface area contributed by atoms with E-state index in [2.05, 4.69) is 26.5 Å². The molecule has 0 saturated carbocycles. The van der Waals surface area contributed by atoms with E-state index in [0.717, 1.165) is 24.3 Å². The summed E-state index contributed by atoms with van der Waals surface area (Å²) in [6, 6.07) is 6.56. The summed E-state index contributed by atoms with van der Waals surface area (Å²) in [5.74, 6) is 0. The first-order chi connectivity index (χ1) is 10.7. The molecule has 22 heavy (non-hydrogen) atoms. The molecule has 2 aromatic rings. The maximum absolute atomic E-state index is 10.8. The van der Waals surface area contributed by atoms with Crippen LogP contribution in [0.4, 0.5) is 11.4 Å². The van der Waals surface area contributed by atoms with Crippen molar-refractivity contribution in [1.29, 1.82) is 5.26 Å². The molecular weight excluding hydrogens is 284 g/mol. The second kappa shape index (κ2) is 5.83. The molecule has 112 valence electrons. The number of nitro groups is 1. The molecule has 1 aliphatic heterocycles. The number of nitro benzene ring substituents is 1. The molecular formula is C14H14N6O2. The average molecular weight is 298 g/mol. The van der Waals surface area contributed by atoms with E-state index in [0.29, 0.717) is 12.1 Å². The Bertz CT molecular complexity index is 721. The molecule has 3 rings (SSSR count). The number of benzene rings is 1. The number of rotatable bonds is 3. The van der Waals surface area contributed by atoms with Gasteiger partial charge in [0.2, 0.25) is 0 Å². The topological polar surface area (TPSA) is 111 Å². The van der Waals surface area contributed by atoms with Crippen molar-refractivity contribution in [3.05, 3.63) is 51.8 Å². The van der Waals surface area contributed by atoms with E-state index < -0.39 is 4.92 Å². The van der Waals surface area contributed by atoms with Crippen LogP contribution in [0.5, 0.6) is 0 Å². The van der Waals surface area contributed by atoms with Crippen molar-refractivity contribution in [2.75, 3.05) is 24.5 Å². The lowest BCUT2D eigenvalue weighted by molar-refractivity contribution is -0.384. The molecule has 1 aliphatic rings. The summed E-state index contributed by atoms with van der Waals surface area (Å²) in [4.78, 5) is 12.4. The average Bonchev–Trinajstić information content (AvgIpc) is 3.09. The Morgan fingerprint density at radius 2 is 2.36 bits per heavy atom. The zero-order chi connectivity index (χ0) is 15.5. The van der Waals surface area contributed by atoms with Crippen LogP contribution in [0.3, 0.4) is 0 Å². The smallest absolute Gasteiger partial charge is 0.270 e. The van der Waals surface area contributed by atoms with Gasteiger partial charge in [-0.05, 0) is 6.07 Å². The van der Waals surface area contributed by atoms with Crippen molar-refractivity contribution in [2.24, 2.45) is 0 Å². The fraction of sp³-hybridized carbons (Fsp3) is 0.286. The van der Waals surface area contributed by atoms with Gasteiger partial charge in [-0.15, -0.1) is 0 Å². The van der Waals surface area contributed by atoms with Gasteiger partial charge in [0, 0.05) is 43.5 Å². The fourth-order valence-corrected chi connectivity index (χ4v) is 2.65. The van der Waals surface area contributed by atoms with E-state index in [1.54, 1.807) is 12.3 Å². The molecule has 0 amide bonds. The summed E-state index contributed by atoms with van der Waals surface area (Å²) in [7, 11) is 0. The van der Waals surface area contributed by atoms with Gasteiger partial charge in [-0.1, -0.05) is 0 Å². The highest BCUT2D eigenvalue weighted by atomic mass is 16.6. The highest BCUT2D eigenvalue weighted by Gasteiger charge is 2.24. The van der Waals surface area contributed by atoms with Crippen molar-refractivity contribution in [1.82, 2.24) is 15.5 Å². The van der Waals surface area contributed by atoms with E-state index >= 15 is 0 Å². The SMILES string of the molecule is N#Cc1cc([N+](=O)[O-])ccc1N1CCNC(c2cn[nH]c2)C1. The van der Waals surface area contributed by atoms with Crippen molar-refractivity contribution in [2.45, 2.75) is 6.04 Å². The zero-order valence-corrected chi connectivity index (χ0v) is 11.7. The van der Waals surface area contributed by atoms with E-state index in [9.17, 15) is 15.4 Å². The molecule has 0 spiro atoms. The Labute approximate surface area is 126 Å². The van der Waals surface area contributed by atoms with Crippen LogP contribution in [0.25, 0.3) is 0 Å². The van der Waals surface area contributed by atoms with Gasteiger partial charge >= 0.3 is 0 Å². The quantitative estimate of drug-likeness (QED) is 0.653. The Hall–Kier alpha value is -2.92. The molecule has 1 aromatic heterocycles. The number of hydrogen-bond donors (Lipinski definition) is 2. The number of piperazine rings is 1. The van der Waals surface area contributed by atoms with Crippen molar-refractivity contribution in [3.63, 3.8) is 0 Å². The van der Waals surface area contributed by atoms with E-state index in [1.807, 2.05) is 6.20 Å². The molecule has 0 radical (unpaired) electrons. The molecule has 1 fully saturated rings. The molecule has 2 N–H and O–H groups in total. The Balaban J connectivity index is 1.87. The minimum atomic E-state index is -0.489. The summed E-state index contributed by atoms with van der Waals surface area (Å²) >= 11 is 0. The minimum absolute atomic E-state index is 0.0678. The zero-order valence-electron chi connectivity index (χ0n) is 11.7. The van der Waals surface area contributed by atoms with Gasteiger partial charge in [-0.3, -0.25) is 15.2 Å². The van der Waals surface area contributed by atoms with Crippen LogP contribution in [0.2, 0.25) is 0 Å². The summed E-state index contributed by atoms with van der Waals surface area (Å²) < 4.78 is 0. The summed E-state index contributed by atoms with van der Waals surface area (Å²) in [5.41, 5.74) is 2.03. The molecule has 2 heterocycles. The van der Waals surface area contributed by atoms with Crippen LogP contribution >= 0.6 is 0 Å². The number of nitrogens with one attached hydrogen (secondary N) is 2. The van der Waals surface area contributed by atoms with E-state index in [4.69, 9.17) is 0 Å². The number of hydrogen-bond acceptors (Lipinski definition) is 6. The molecule has 0 aliphatic carbocycles. The van der Waals surface area contributed by atoms with Crippen molar-refractivity contribution < 1.29 is 4.92 Å². The normalized spacial score (nSPS) is 18.0. The second-order valence-electron chi connectivity index (χ2n) is 5.05. The highest BCUT2D eigenvalue weighted by molar-refractivity contribution is 5.63. The lowest BCUT2D eigenvalue weighted by Gasteiger charge is -2.35. The van der Waals surface area contributed by atoms with Crippen LogP contribution in [0, 0.1) is 21.4 Å². The third-order valence-corrected chi connectivity index (χ3v) is 3.75. The van der Waals surface area contributed by atoms with E-state index in [1.165, 1.54) is 12.1 Å². The maximum Gasteiger partial charge on any atom is 0.270 e. The number of anilines is 1. The van der Waals surface area contributed by atoms with Crippen molar-refractivity contribution >= 4 is 11.4 Å². The van der Waals surface area contributed by atoms with Crippen molar-refractivity contribution in [3.8, 4) is 6.07 Å². The lowest BCUT2D eigenvalue weighted by atomic mass is 10.1. The van der Waals surface area contributed by atoms with E-state index in [-0.39, 0.29) is 11.7 Å². The summed E-state index contributed by atoms with van der Waals surface area (Å²) in [5, 5.41) is 30.2. The van der Waals surface area contributed by atoms with Gasteiger partial charge in [0.05, 0.1) is 28.4 Å². The number of non-ortho nitro benzene ring substituents is 1. The van der Waals surface area contributed by atoms with Gasteiger partial charge in [0.1, 0.15) is 6.07 Å². The molecule has 8 nitrogen and oxygen atoms in total. The monoisotopic (exact) mass is 298 g/mol. The van der Waals surface area contributed by atoms with Crippen LogP contribution in [0.1, 0.15) is 17.2 Å². The predicted molar refractivity (Wildman–Crippen MR) is 79.4 cm³/mol. The number of nitriles is 1. The first-order valence-electron chi connectivity index (χ1n) is 6.84. The Kier molecular flexibility index (Phi) is 3.72. The fourth-order valence-electron chi connectivity index (χ4n) is 2.65. The molecule has 1 atom stereocenters. The number of aromatic amines is 1. The molecule has 8 heteroatoms. The molecule has 1 unspecified atom stereocenters. The Morgan fingerprint density at radius 3 is 3.05 bits per heavy atom. The van der Waals surface area contributed by atoms with Gasteiger partial charge in [0.15, 0.2) is 0 Å². The van der Waals surface area contributed by atoms with Gasteiger partial charge in [-0.25, -0.2) is 0 Å². The van der Waals surface area contributed by atoms with Gasteiger partial charge in [-0.2, -0.15) is 10.4 Å². The first kappa shape index (κ1) is 14.0. The number of nitrogens with zero attached hydrogens (tertiary/aromatic N) is 4. The molecule has 1 saturated heterocycles. The molecule has 0 bridgehead atoms. The third-order valence-electron chi connectivity index (χ3n) is 3.75. The van der Waals surface area contributed by atoms with Crippen LogP contribution in [-0.4, -0.2) is 34.8 Å². The number of H-pyrrole nitrogens is 1. The first-order valence-corrected chi connectivity index (χ1v) is 6.84. The third kappa shape index (κ3) is 2.62. The lowest BCUT2D eigenvalue weighted by Crippen LogP contribution is -2.46. The second-order valence-corrected chi connectivity index (χ2v) is 5.05. The summed E-state index contributed by atoms with van der Waals surface area (Å²) in [6.45, 7) is 2.17. The highest BCUT2D eigenvalue weighted by Crippen LogP contribution is 2.28. The van der Waals surface area contributed by atoms with Gasteiger partial charge < -0.3 is 10.2 Å². The standard InChI is InChI=1S/C14H14N6O2/c15-6-10-5-12(20(21)22)1-2-14(10)19-4-3-16-13(9-19)11-7-17-18-8-11/h1-2,5,7-8,13,16H,3-4,9H2,(H,17,18).